The van der Waals surface area contributed by atoms with Gasteiger partial charge in [-0.1, -0.05) is 108 Å². The number of nitrogens with two attached hydrogens (primary N) is 3. The molecule has 4 aliphatic rings. The smallest absolute Gasteiger partial charge is 0.246 e. The maximum absolute atomic E-state index is 15.0. The van der Waals surface area contributed by atoms with Gasteiger partial charge in [0, 0.05) is 64.0 Å². The van der Waals surface area contributed by atoms with Crippen LogP contribution in [0.3, 0.4) is 0 Å². The highest BCUT2D eigenvalue weighted by Gasteiger charge is 2.46. The van der Waals surface area contributed by atoms with Gasteiger partial charge in [0.25, 0.3) is 0 Å². The number of hydrogen-bond donors (Lipinski definition) is 14. The fourth-order valence-corrected chi connectivity index (χ4v) is 15.6. The Hall–Kier alpha value is -8.76. The van der Waals surface area contributed by atoms with E-state index < -0.39 is 174 Å². The standard InChI is InChI=1S/C72H110N16O16S2/c1-11-41(8)59(60(75)91)85-64(95)48(30-39(4)5)78-65(96)52(34-73)82-67(98)54-36-105-106-37-55(76-42(9)89)71(102)88-28-14-17-58(88)72(103)87-27-13-16-57(87)68(99)80-50(33-44-20-24-46(104-10)25-21-44)63(94)81-51(31-40(6)7)70(101)86-26-12-15-56(86)69(100)83-53(35-74)66(97)79-49(32-43-18-22-45(90)23-19-43)62(93)77-47(29-38(2)3)61(92)84-54/h18-25,38-41,47-59,90H,11-17,26-37,73-74H2,1-10H3,(H2,75,91)(H,76,89)(H,77,93)(H,78,96)(H,79,97)(H,80,99)(H,81,94)(H,82,98)(H,83,100)(H,84,92)(H,85,95)/t41-,47-,48-,49-,50-,51-,52-,53-,54-,55-,56-,57-,58-,59-/m0/s1. The van der Waals surface area contributed by atoms with E-state index in [4.69, 9.17) is 21.9 Å². The van der Waals surface area contributed by atoms with Crippen LogP contribution in [0.5, 0.6) is 11.5 Å². The number of hydrogen-bond acceptors (Lipinski definition) is 20. The monoisotopic (exact) mass is 1520 g/mol. The van der Waals surface area contributed by atoms with Gasteiger partial charge in [-0.2, -0.15) is 0 Å². The van der Waals surface area contributed by atoms with Crippen molar-refractivity contribution < 1.29 is 77.0 Å². The van der Waals surface area contributed by atoms with Crippen LogP contribution in [0, 0.1) is 23.7 Å². The van der Waals surface area contributed by atoms with Gasteiger partial charge in [-0.25, -0.2) is 0 Å². The van der Waals surface area contributed by atoms with Crippen molar-refractivity contribution in [3.63, 3.8) is 0 Å². The number of carbonyl (C=O) groups is 14. The molecular formula is C72H110N16O16S2. The molecule has 586 valence electrons. The van der Waals surface area contributed by atoms with Gasteiger partial charge in [-0.15, -0.1) is 0 Å². The molecule has 0 bridgehead atoms. The summed E-state index contributed by atoms with van der Waals surface area (Å²) in [6.45, 7) is 14.8. The molecule has 2 aromatic rings. The lowest BCUT2D eigenvalue weighted by Crippen LogP contribution is -2.62. The molecule has 0 saturated carbocycles. The summed E-state index contributed by atoms with van der Waals surface area (Å²) in [4.78, 5) is 206. The number of primary amides is 1. The molecule has 4 heterocycles. The molecule has 34 heteroatoms. The highest BCUT2D eigenvalue weighted by molar-refractivity contribution is 8.76. The maximum atomic E-state index is 15.0. The number of phenolic OH excluding ortho intramolecular Hbond substituents is 1. The molecule has 0 spiro atoms. The predicted molar refractivity (Wildman–Crippen MR) is 398 cm³/mol. The van der Waals surface area contributed by atoms with Gasteiger partial charge >= 0.3 is 0 Å². The molecule has 2 aromatic carbocycles. The average molecular weight is 1520 g/mol. The zero-order chi connectivity index (χ0) is 78.2. The van der Waals surface area contributed by atoms with E-state index in [1.165, 1.54) is 53.0 Å². The van der Waals surface area contributed by atoms with Crippen molar-refractivity contribution in [2.24, 2.45) is 40.9 Å². The molecule has 106 heavy (non-hydrogen) atoms. The minimum absolute atomic E-state index is 0.0648. The largest absolute Gasteiger partial charge is 0.508 e. The molecule has 4 aliphatic heterocycles. The van der Waals surface area contributed by atoms with E-state index in [0.717, 1.165) is 21.6 Å². The Morgan fingerprint density at radius 1 is 0.557 bits per heavy atom. The number of carbonyl (C=O) groups excluding carboxylic acids is 14. The van der Waals surface area contributed by atoms with Crippen LogP contribution in [0.15, 0.2) is 48.5 Å². The zero-order valence-corrected chi connectivity index (χ0v) is 64.0. The molecular weight excluding hydrogens is 1410 g/mol. The Morgan fingerprint density at radius 2 is 1.02 bits per heavy atom. The maximum Gasteiger partial charge on any atom is 0.246 e. The Labute approximate surface area is 627 Å². The summed E-state index contributed by atoms with van der Waals surface area (Å²) in [7, 11) is 3.47. The number of nitrogens with zero attached hydrogens (tertiary/aromatic N) is 3. The van der Waals surface area contributed by atoms with Crippen LogP contribution in [-0.2, 0) is 80.0 Å². The fourth-order valence-electron chi connectivity index (χ4n) is 13.3. The third-order valence-corrected chi connectivity index (χ3v) is 21.6. The molecule has 32 nitrogen and oxygen atoms in total. The van der Waals surface area contributed by atoms with E-state index in [1.54, 1.807) is 58.9 Å². The lowest BCUT2D eigenvalue weighted by Gasteiger charge is -2.33. The van der Waals surface area contributed by atoms with E-state index in [2.05, 4.69) is 53.2 Å². The number of benzene rings is 2. The van der Waals surface area contributed by atoms with Gasteiger partial charge in [0.05, 0.1) is 7.11 Å². The number of fused-ring (bicyclic) bond motifs is 3. The van der Waals surface area contributed by atoms with Crippen molar-refractivity contribution in [2.75, 3.05) is 51.3 Å². The van der Waals surface area contributed by atoms with Gasteiger partial charge in [0.2, 0.25) is 82.7 Å². The highest BCUT2D eigenvalue weighted by atomic mass is 33.1. The molecule has 4 fully saturated rings. The lowest BCUT2D eigenvalue weighted by atomic mass is 9.97. The minimum atomic E-state index is -1.59. The minimum Gasteiger partial charge on any atom is -0.508 e. The number of aromatic hydroxyl groups is 1. The number of rotatable bonds is 23. The predicted octanol–water partition coefficient (Wildman–Crippen LogP) is -0.991. The average Bonchev–Trinajstić information content (AvgIpc) is 1.66. The molecule has 14 atom stereocenters. The third-order valence-electron chi connectivity index (χ3n) is 19.2. The summed E-state index contributed by atoms with van der Waals surface area (Å²) in [5, 5.41) is 37.4. The zero-order valence-electron chi connectivity index (χ0n) is 62.3. The lowest BCUT2D eigenvalue weighted by molar-refractivity contribution is -0.147. The SMILES string of the molecule is CC[C@H](C)[C@H](NC(=O)[C@H](CC(C)C)NC(=O)[C@H](CN)NC(=O)[C@@H]1CSSC[C@H](NC(C)=O)C(=O)N2CCC[C@H]2C(=O)N2CCC[C@H]2C(=O)N[C@@H](Cc2ccc(OC)cc2)C(=O)N[C@@H](CC(C)C)C(=O)N2CCC[C@H]2C(=O)N[C@@H](CN)C(=O)N[C@@H](Cc2ccc(O)cc2)C(=O)N[C@@H](CC(C)C)C(=O)N1)C(N)=O. The third kappa shape index (κ3) is 24.9. The first-order valence-corrected chi connectivity index (χ1v) is 39.0. The quantitative estimate of drug-likeness (QED) is 0.0594. The van der Waals surface area contributed by atoms with Crippen molar-refractivity contribution in [3.05, 3.63) is 59.7 Å². The van der Waals surface area contributed by atoms with E-state index in [1.807, 2.05) is 20.8 Å². The van der Waals surface area contributed by atoms with Gasteiger partial charge in [0.1, 0.15) is 90.0 Å². The Morgan fingerprint density at radius 3 is 1.53 bits per heavy atom. The number of phenols is 1. The molecule has 17 N–H and O–H groups in total. The van der Waals surface area contributed by atoms with Crippen molar-refractivity contribution >= 4 is 104 Å². The van der Waals surface area contributed by atoms with Crippen LogP contribution in [0.4, 0.5) is 0 Å². The fraction of sp³-hybridized carbons (Fsp3) is 0.639. The summed E-state index contributed by atoms with van der Waals surface area (Å²) in [6, 6.07) is -4.67. The number of ether oxygens (including phenoxy) is 1. The topological polar surface area (TPSA) is 477 Å². The van der Waals surface area contributed by atoms with Crippen molar-refractivity contribution in [1.82, 2.24) is 67.9 Å². The molecule has 0 aromatic heterocycles. The normalized spacial score (nSPS) is 25.0. The number of amides is 14. The van der Waals surface area contributed by atoms with E-state index >= 15 is 0 Å². The van der Waals surface area contributed by atoms with Crippen molar-refractivity contribution in [3.8, 4) is 11.5 Å². The van der Waals surface area contributed by atoms with Crippen LogP contribution in [-0.4, -0.2) is 232 Å². The summed E-state index contributed by atoms with van der Waals surface area (Å²) in [5.74, 6) is -11.9. The van der Waals surface area contributed by atoms with Gasteiger partial charge in [-0.3, -0.25) is 67.1 Å². The molecule has 0 radical (unpaired) electrons. The van der Waals surface area contributed by atoms with E-state index in [0.29, 0.717) is 42.6 Å². The first-order chi connectivity index (χ1) is 50.3. The molecule has 0 unspecified atom stereocenters. The summed E-state index contributed by atoms with van der Waals surface area (Å²) in [5.41, 5.74) is 19.1. The summed E-state index contributed by atoms with van der Waals surface area (Å²) < 4.78 is 5.37. The van der Waals surface area contributed by atoms with Gasteiger partial charge in [-0.05, 0) is 117 Å². The number of methoxy groups -OCH3 is 1. The van der Waals surface area contributed by atoms with Gasteiger partial charge in [0.15, 0.2) is 0 Å². The van der Waals surface area contributed by atoms with Crippen molar-refractivity contribution in [1.29, 1.82) is 0 Å². The van der Waals surface area contributed by atoms with Gasteiger partial charge < -0.3 is 94.9 Å². The van der Waals surface area contributed by atoms with Crippen LogP contribution in [0.25, 0.3) is 0 Å². The second kappa shape index (κ2) is 41.4. The highest BCUT2D eigenvalue weighted by Crippen LogP contribution is 2.30. The van der Waals surface area contributed by atoms with E-state index in [-0.39, 0.29) is 112 Å². The molecule has 14 amide bonds. The second-order valence-corrected chi connectivity index (χ2v) is 31.5. The Kier molecular flexibility index (Phi) is 33.6. The van der Waals surface area contributed by atoms with Crippen LogP contribution in [0.2, 0.25) is 0 Å². The van der Waals surface area contributed by atoms with Crippen LogP contribution < -0.4 is 75.1 Å². The first kappa shape index (κ1) is 86.2. The van der Waals surface area contributed by atoms with E-state index in [9.17, 15) is 72.2 Å². The summed E-state index contributed by atoms with van der Waals surface area (Å²) >= 11 is 0. The summed E-state index contributed by atoms with van der Waals surface area (Å²) in [6.07, 6.45) is 1.91. The molecule has 6 rings (SSSR count). The van der Waals surface area contributed by atoms with Crippen molar-refractivity contribution in [2.45, 2.75) is 218 Å². The van der Waals surface area contributed by atoms with Crippen LogP contribution >= 0.6 is 21.6 Å². The molecule has 0 aliphatic carbocycles. The Bertz CT molecular complexity index is 3420. The Balaban J connectivity index is 1.40. The second-order valence-electron chi connectivity index (χ2n) is 28.9. The first-order valence-electron chi connectivity index (χ1n) is 36.5. The number of nitrogens with one attached hydrogen (secondary N) is 10. The van der Waals surface area contributed by atoms with Crippen LogP contribution in [0.1, 0.15) is 138 Å². The molecule has 4 saturated heterocycles.